The van der Waals surface area contributed by atoms with Crippen molar-refractivity contribution in [1.29, 1.82) is 0 Å². The SMILES string of the molecule is CC(C)(C)NS(=O)(=O)c1ccc(C2(O)C(=O)N(Cc3ccc(-c4ccncc4)cc3)c3ccc(Br)cc32)cc1. The Hall–Kier alpha value is -3.37. The number of sulfonamides is 1. The predicted octanol–water partition coefficient (Wildman–Crippen LogP) is 5.37. The number of nitrogens with one attached hydrogen (secondary N) is 1. The van der Waals surface area contributed by atoms with Crippen LogP contribution in [-0.2, 0) is 27.0 Å². The van der Waals surface area contributed by atoms with Crippen molar-refractivity contribution >= 4 is 37.5 Å². The third-order valence-electron chi connectivity index (χ3n) is 6.53. The van der Waals surface area contributed by atoms with Crippen molar-refractivity contribution in [3.63, 3.8) is 0 Å². The van der Waals surface area contributed by atoms with Gasteiger partial charge in [-0.3, -0.25) is 9.78 Å². The average Bonchev–Trinajstić information content (AvgIpc) is 3.10. The van der Waals surface area contributed by atoms with Gasteiger partial charge in [0.1, 0.15) is 0 Å². The van der Waals surface area contributed by atoms with Crippen LogP contribution >= 0.6 is 15.9 Å². The van der Waals surface area contributed by atoms with E-state index in [2.05, 4.69) is 25.6 Å². The Bertz CT molecular complexity index is 1630. The van der Waals surface area contributed by atoms with Crippen LogP contribution in [0.5, 0.6) is 0 Å². The van der Waals surface area contributed by atoms with E-state index < -0.39 is 27.1 Å². The largest absolute Gasteiger partial charge is 0.372 e. The maximum atomic E-state index is 13.9. The Morgan fingerprint density at radius 1 is 0.923 bits per heavy atom. The highest BCUT2D eigenvalue weighted by molar-refractivity contribution is 9.10. The molecule has 0 saturated heterocycles. The molecule has 0 radical (unpaired) electrons. The molecule has 0 spiro atoms. The first kappa shape index (κ1) is 27.2. The molecule has 3 aromatic carbocycles. The summed E-state index contributed by atoms with van der Waals surface area (Å²) < 4.78 is 28.9. The number of benzene rings is 3. The predicted molar refractivity (Wildman–Crippen MR) is 155 cm³/mol. The number of anilines is 1. The summed E-state index contributed by atoms with van der Waals surface area (Å²) in [5.74, 6) is -0.503. The van der Waals surface area contributed by atoms with Gasteiger partial charge in [0.05, 0.1) is 17.1 Å². The van der Waals surface area contributed by atoms with Gasteiger partial charge in [0.25, 0.3) is 5.91 Å². The van der Waals surface area contributed by atoms with Gasteiger partial charge in [-0.25, -0.2) is 13.1 Å². The minimum atomic E-state index is -3.77. The minimum absolute atomic E-state index is 0.0517. The smallest absolute Gasteiger partial charge is 0.268 e. The van der Waals surface area contributed by atoms with Gasteiger partial charge in [0, 0.05) is 28.0 Å². The first-order valence-corrected chi connectivity index (χ1v) is 14.6. The zero-order valence-corrected chi connectivity index (χ0v) is 24.1. The van der Waals surface area contributed by atoms with E-state index in [1.807, 2.05) is 42.5 Å². The minimum Gasteiger partial charge on any atom is -0.372 e. The normalized spacial score (nSPS) is 17.4. The summed E-state index contributed by atoms with van der Waals surface area (Å²) in [6.45, 7) is 5.53. The molecule has 0 aliphatic carbocycles. The van der Waals surface area contributed by atoms with Gasteiger partial charge < -0.3 is 10.0 Å². The molecular weight excluding hydrogens is 578 g/mol. The molecule has 2 N–H and O–H groups in total. The third kappa shape index (κ3) is 5.27. The molecule has 1 atom stereocenters. The highest BCUT2D eigenvalue weighted by Gasteiger charge is 2.51. The molecule has 5 rings (SSSR count). The number of fused-ring (bicyclic) bond motifs is 1. The van der Waals surface area contributed by atoms with Crippen molar-refractivity contribution in [3.05, 3.63) is 112 Å². The van der Waals surface area contributed by atoms with E-state index in [-0.39, 0.29) is 17.0 Å². The number of hydrogen-bond acceptors (Lipinski definition) is 5. The van der Waals surface area contributed by atoms with Crippen molar-refractivity contribution in [2.24, 2.45) is 0 Å². The van der Waals surface area contributed by atoms with Gasteiger partial charge in [0.15, 0.2) is 5.60 Å². The van der Waals surface area contributed by atoms with Crippen LogP contribution in [0.1, 0.15) is 37.5 Å². The monoisotopic (exact) mass is 605 g/mol. The Kier molecular flexibility index (Phi) is 6.97. The van der Waals surface area contributed by atoms with Gasteiger partial charge in [-0.05, 0) is 85.5 Å². The highest BCUT2D eigenvalue weighted by atomic mass is 79.9. The average molecular weight is 607 g/mol. The van der Waals surface area contributed by atoms with Crippen LogP contribution < -0.4 is 9.62 Å². The molecule has 0 saturated carbocycles. The number of halogens is 1. The molecule has 200 valence electrons. The summed E-state index contributed by atoms with van der Waals surface area (Å²) in [6.07, 6.45) is 3.48. The van der Waals surface area contributed by atoms with Crippen LogP contribution in [-0.4, -0.2) is 30.0 Å². The molecule has 1 unspecified atom stereocenters. The maximum Gasteiger partial charge on any atom is 0.268 e. The van der Waals surface area contributed by atoms with E-state index in [1.54, 1.807) is 50.2 Å². The number of nitrogens with zero attached hydrogens (tertiary/aromatic N) is 2. The number of aromatic nitrogens is 1. The van der Waals surface area contributed by atoms with Crippen molar-refractivity contribution in [3.8, 4) is 11.1 Å². The number of rotatable bonds is 6. The Labute approximate surface area is 236 Å². The van der Waals surface area contributed by atoms with E-state index in [1.165, 1.54) is 24.3 Å². The lowest BCUT2D eigenvalue weighted by Crippen LogP contribution is -2.41. The molecule has 0 fully saturated rings. The van der Waals surface area contributed by atoms with Crippen LogP contribution in [0.25, 0.3) is 11.1 Å². The van der Waals surface area contributed by atoms with Crippen molar-refractivity contribution in [1.82, 2.24) is 9.71 Å². The number of pyridine rings is 1. The Balaban J connectivity index is 1.48. The topological polar surface area (TPSA) is 99.6 Å². The Morgan fingerprint density at radius 3 is 2.15 bits per heavy atom. The van der Waals surface area contributed by atoms with Gasteiger partial charge in [0.2, 0.25) is 10.0 Å². The van der Waals surface area contributed by atoms with Crippen molar-refractivity contribution in [2.45, 2.75) is 43.4 Å². The molecule has 1 amide bonds. The lowest BCUT2D eigenvalue weighted by Gasteiger charge is -2.25. The van der Waals surface area contributed by atoms with E-state index in [9.17, 15) is 18.3 Å². The number of hydrogen-bond donors (Lipinski definition) is 2. The molecule has 39 heavy (non-hydrogen) atoms. The van der Waals surface area contributed by atoms with Crippen LogP contribution in [0.15, 0.2) is 101 Å². The molecule has 2 heterocycles. The van der Waals surface area contributed by atoms with Crippen LogP contribution in [0.2, 0.25) is 0 Å². The molecule has 1 aromatic heterocycles. The Morgan fingerprint density at radius 2 is 1.54 bits per heavy atom. The third-order valence-corrected chi connectivity index (χ3v) is 8.79. The zero-order chi connectivity index (χ0) is 28.0. The second-order valence-electron chi connectivity index (χ2n) is 10.6. The van der Waals surface area contributed by atoms with Crippen LogP contribution in [0.4, 0.5) is 5.69 Å². The zero-order valence-electron chi connectivity index (χ0n) is 21.7. The van der Waals surface area contributed by atoms with Crippen molar-refractivity contribution < 1.29 is 18.3 Å². The number of amides is 1. The standard InChI is InChI=1S/C30H28BrN3O4S/c1-29(2,3)33-39(37,38)25-11-8-23(9-12-25)30(36)26-18-24(31)10-13-27(26)34(28(30)35)19-20-4-6-21(7-5-20)22-14-16-32-17-15-22/h4-18,33,36H,19H2,1-3H3. The van der Waals surface area contributed by atoms with Crippen LogP contribution in [0, 0.1) is 0 Å². The summed E-state index contributed by atoms with van der Waals surface area (Å²) in [6, 6.07) is 22.9. The summed E-state index contributed by atoms with van der Waals surface area (Å²) in [5, 5.41) is 11.9. The number of carbonyl (C=O) groups is 1. The summed E-state index contributed by atoms with van der Waals surface area (Å²) in [7, 11) is -3.77. The van der Waals surface area contributed by atoms with E-state index in [4.69, 9.17) is 0 Å². The van der Waals surface area contributed by atoms with Crippen LogP contribution in [0.3, 0.4) is 0 Å². The quantitative estimate of drug-likeness (QED) is 0.308. The summed E-state index contributed by atoms with van der Waals surface area (Å²) >= 11 is 3.46. The molecule has 7 nitrogen and oxygen atoms in total. The first-order valence-electron chi connectivity index (χ1n) is 12.4. The van der Waals surface area contributed by atoms with E-state index in [0.717, 1.165) is 16.7 Å². The van der Waals surface area contributed by atoms with E-state index >= 15 is 0 Å². The fraction of sp³-hybridized carbons (Fsp3) is 0.200. The molecule has 1 aliphatic rings. The maximum absolute atomic E-state index is 13.9. The molecular formula is C30H28BrN3O4S. The first-order chi connectivity index (χ1) is 18.4. The number of carbonyl (C=O) groups excluding carboxylic acids is 1. The summed E-state index contributed by atoms with van der Waals surface area (Å²) in [4.78, 5) is 19.6. The summed E-state index contributed by atoms with van der Waals surface area (Å²) in [5.41, 5.74) is 1.65. The number of aliphatic hydroxyl groups is 1. The van der Waals surface area contributed by atoms with Crippen molar-refractivity contribution in [2.75, 3.05) is 4.90 Å². The highest BCUT2D eigenvalue weighted by Crippen LogP contribution is 2.46. The molecule has 0 bridgehead atoms. The van der Waals surface area contributed by atoms with Gasteiger partial charge in [-0.2, -0.15) is 0 Å². The lowest BCUT2D eigenvalue weighted by molar-refractivity contribution is -0.132. The van der Waals surface area contributed by atoms with Gasteiger partial charge in [-0.1, -0.05) is 52.3 Å². The fourth-order valence-corrected chi connectivity index (χ4v) is 6.54. The molecule has 4 aromatic rings. The van der Waals surface area contributed by atoms with Gasteiger partial charge in [-0.15, -0.1) is 0 Å². The second-order valence-corrected chi connectivity index (χ2v) is 13.2. The molecule has 1 aliphatic heterocycles. The van der Waals surface area contributed by atoms with E-state index in [0.29, 0.717) is 15.7 Å². The lowest BCUT2D eigenvalue weighted by atomic mass is 9.87. The molecule has 9 heteroatoms. The second kappa shape index (κ2) is 9.98. The fourth-order valence-electron chi connectivity index (χ4n) is 4.76. The van der Waals surface area contributed by atoms with Gasteiger partial charge >= 0.3 is 0 Å².